The van der Waals surface area contributed by atoms with Crippen LogP contribution < -0.4 is 5.32 Å². The van der Waals surface area contributed by atoms with E-state index in [0.29, 0.717) is 6.54 Å². The van der Waals surface area contributed by atoms with E-state index in [2.05, 4.69) is 20.4 Å². The van der Waals surface area contributed by atoms with Crippen LogP contribution in [0.25, 0.3) is 5.69 Å². The minimum Gasteiger partial charge on any atom is -0.379 e. The van der Waals surface area contributed by atoms with Gasteiger partial charge in [-0.15, -0.1) is 0 Å². The number of aromatic nitrogens is 4. The molecular weight excluding hydrogens is 238 g/mol. The molecule has 5 nitrogen and oxygen atoms in total. The van der Waals surface area contributed by atoms with E-state index in [9.17, 15) is 0 Å². The molecule has 19 heavy (non-hydrogen) atoms. The monoisotopic (exact) mass is 251 g/mol. The van der Waals surface area contributed by atoms with E-state index in [1.165, 1.54) is 0 Å². The molecule has 0 saturated heterocycles. The molecule has 0 bridgehead atoms. The Morgan fingerprint density at radius 1 is 1.05 bits per heavy atom. The largest absolute Gasteiger partial charge is 0.379 e. The molecule has 0 unspecified atom stereocenters. The molecule has 0 spiro atoms. The van der Waals surface area contributed by atoms with Crippen molar-refractivity contribution in [3.8, 4) is 5.69 Å². The van der Waals surface area contributed by atoms with Gasteiger partial charge < -0.3 is 5.32 Å². The molecule has 1 N–H and O–H groups in total. The van der Waals surface area contributed by atoms with Crippen LogP contribution in [-0.4, -0.2) is 19.7 Å². The zero-order valence-corrected chi connectivity index (χ0v) is 10.3. The van der Waals surface area contributed by atoms with Crippen LogP contribution in [0.4, 0.5) is 5.69 Å². The topological polar surface area (TPSA) is 55.6 Å². The zero-order valence-electron chi connectivity index (χ0n) is 10.3. The molecule has 0 aliphatic rings. The van der Waals surface area contributed by atoms with E-state index in [-0.39, 0.29) is 0 Å². The molecule has 0 saturated carbocycles. The minimum atomic E-state index is 0.662. The second-order valence-corrected chi connectivity index (χ2v) is 4.05. The first-order valence-corrected chi connectivity index (χ1v) is 6.01. The molecule has 3 rings (SSSR count). The van der Waals surface area contributed by atoms with Gasteiger partial charge in [-0.1, -0.05) is 0 Å². The molecule has 2 heterocycles. The number of nitrogens with one attached hydrogen (secondary N) is 1. The highest BCUT2D eigenvalue weighted by Crippen LogP contribution is 2.13. The molecule has 94 valence electrons. The number of nitrogens with zero attached hydrogens (tertiary/aromatic N) is 4. The van der Waals surface area contributed by atoms with E-state index < -0.39 is 0 Å². The average molecular weight is 251 g/mol. The van der Waals surface area contributed by atoms with Crippen LogP contribution in [0.1, 0.15) is 5.69 Å². The Morgan fingerprint density at radius 2 is 1.95 bits per heavy atom. The number of hydrogen-bond donors (Lipinski definition) is 1. The van der Waals surface area contributed by atoms with Crippen molar-refractivity contribution in [3.05, 3.63) is 67.0 Å². The van der Waals surface area contributed by atoms with Crippen LogP contribution in [0.2, 0.25) is 0 Å². The molecule has 0 fully saturated rings. The van der Waals surface area contributed by atoms with Gasteiger partial charge >= 0.3 is 0 Å². The van der Waals surface area contributed by atoms with Crippen LogP contribution in [0, 0.1) is 0 Å². The van der Waals surface area contributed by atoms with Gasteiger partial charge in [0.15, 0.2) is 0 Å². The highest BCUT2D eigenvalue weighted by atomic mass is 15.3. The summed E-state index contributed by atoms with van der Waals surface area (Å²) in [4.78, 5) is 8.24. The van der Waals surface area contributed by atoms with Crippen LogP contribution in [0.3, 0.4) is 0 Å². The summed E-state index contributed by atoms with van der Waals surface area (Å²) in [6.07, 6.45) is 8.80. The molecule has 0 atom stereocenters. The highest BCUT2D eigenvalue weighted by molar-refractivity contribution is 5.48. The molecule has 0 radical (unpaired) electrons. The normalized spacial score (nSPS) is 10.3. The van der Waals surface area contributed by atoms with Gasteiger partial charge in [0.2, 0.25) is 0 Å². The van der Waals surface area contributed by atoms with Gasteiger partial charge in [-0.05, 0) is 30.3 Å². The number of hydrogen-bond acceptors (Lipinski definition) is 4. The molecule has 2 aromatic heterocycles. The maximum Gasteiger partial charge on any atom is 0.0777 e. The Balaban J connectivity index is 1.67. The second kappa shape index (κ2) is 5.30. The molecular formula is C14H13N5. The maximum absolute atomic E-state index is 4.21. The van der Waals surface area contributed by atoms with E-state index >= 15 is 0 Å². The quantitative estimate of drug-likeness (QED) is 0.773. The number of benzene rings is 1. The summed E-state index contributed by atoms with van der Waals surface area (Å²) in [5.74, 6) is 0. The highest BCUT2D eigenvalue weighted by Gasteiger charge is 1.98. The Bertz CT molecular complexity index is 617. The summed E-state index contributed by atoms with van der Waals surface area (Å²) < 4.78 is 1.83. The first kappa shape index (κ1) is 11.4. The van der Waals surface area contributed by atoms with E-state index in [0.717, 1.165) is 17.1 Å². The predicted molar refractivity (Wildman–Crippen MR) is 72.9 cm³/mol. The Morgan fingerprint density at radius 3 is 2.63 bits per heavy atom. The van der Waals surface area contributed by atoms with Crippen LogP contribution in [0.5, 0.6) is 0 Å². The van der Waals surface area contributed by atoms with E-state index in [1.807, 2.05) is 41.2 Å². The Kier molecular flexibility index (Phi) is 3.18. The fourth-order valence-electron chi connectivity index (χ4n) is 1.77. The first-order valence-electron chi connectivity index (χ1n) is 6.01. The first-order chi connectivity index (χ1) is 9.42. The van der Waals surface area contributed by atoms with Gasteiger partial charge in [0.05, 0.1) is 24.1 Å². The van der Waals surface area contributed by atoms with Crippen molar-refractivity contribution >= 4 is 5.69 Å². The van der Waals surface area contributed by atoms with Crippen LogP contribution >= 0.6 is 0 Å². The Labute approximate surface area is 111 Å². The smallest absolute Gasteiger partial charge is 0.0777 e. The molecule has 3 aromatic rings. The predicted octanol–water partition coefficient (Wildman–Crippen LogP) is 2.27. The second-order valence-electron chi connectivity index (χ2n) is 4.05. The van der Waals surface area contributed by atoms with Crippen LogP contribution in [0.15, 0.2) is 61.3 Å². The molecule has 1 aromatic carbocycles. The van der Waals surface area contributed by atoms with Gasteiger partial charge in [0.1, 0.15) is 0 Å². The fraction of sp³-hybridized carbons (Fsp3) is 0.0714. The van der Waals surface area contributed by atoms with Gasteiger partial charge in [-0.25, -0.2) is 4.68 Å². The van der Waals surface area contributed by atoms with E-state index in [4.69, 9.17) is 0 Å². The van der Waals surface area contributed by atoms with Crippen LogP contribution in [-0.2, 0) is 6.54 Å². The lowest BCUT2D eigenvalue weighted by molar-refractivity contribution is 0.880. The van der Waals surface area contributed by atoms with Gasteiger partial charge in [-0.3, -0.25) is 9.97 Å². The standard InChI is InChI=1S/C14H13N5/c1-6-18-19(9-1)14-4-2-12(3-5-14)17-11-13-10-15-7-8-16-13/h1-10,17H,11H2. The van der Waals surface area contributed by atoms with Gasteiger partial charge in [-0.2, -0.15) is 5.10 Å². The van der Waals surface area contributed by atoms with Crippen molar-refractivity contribution < 1.29 is 0 Å². The van der Waals surface area contributed by atoms with Crippen molar-refractivity contribution in [2.45, 2.75) is 6.54 Å². The summed E-state index contributed by atoms with van der Waals surface area (Å²) in [5.41, 5.74) is 3.00. The van der Waals surface area contributed by atoms with Gasteiger partial charge in [0, 0.05) is 30.5 Å². The molecule has 0 amide bonds. The average Bonchev–Trinajstić information content (AvgIpc) is 3.01. The molecule has 5 heteroatoms. The third kappa shape index (κ3) is 2.77. The lowest BCUT2D eigenvalue weighted by Crippen LogP contribution is -2.02. The SMILES string of the molecule is c1cnn(-c2ccc(NCc3cnccn3)cc2)c1. The Hall–Kier alpha value is -2.69. The number of anilines is 1. The molecule has 0 aliphatic carbocycles. The maximum atomic E-state index is 4.21. The molecule has 0 aliphatic heterocycles. The van der Waals surface area contributed by atoms with Crippen molar-refractivity contribution in [2.24, 2.45) is 0 Å². The lowest BCUT2D eigenvalue weighted by Gasteiger charge is -2.07. The van der Waals surface area contributed by atoms with Crippen molar-refractivity contribution in [2.75, 3.05) is 5.32 Å². The summed E-state index contributed by atoms with van der Waals surface area (Å²) in [6.45, 7) is 0.662. The number of rotatable bonds is 4. The third-order valence-corrected chi connectivity index (χ3v) is 2.73. The van der Waals surface area contributed by atoms with Crippen molar-refractivity contribution in [1.29, 1.82) is 0 Å². The summed E-state index contributed by atoms with van der Waals surface area (Å²) >= 11 is 0. The lowest BCUT2D eigenvalue weighted by atomic mass is 10.2. The third-order valence-electron chi connectivity index (χ3n) is 2.73. The van der Waals surface area contributed by atoms with Gasteiger partial charge in [0.25, 0.3) is 0 Å². The zero-order chi connectivity index (χ0) is 12.9. The summed E-state index contributed by atoms with van der Waals surface area (Å²) in [5, 5.41) is 7.49. The minimum absolute atomic E-state index is 0.662. The van der Waals surface area contributed by atoms with E-state index in [1.54, 1.807) is 24.8 Å². The fourth-order valence-corrected chi connectivity index (χ4v) is 1.77. The summed E-state index contributed by atoms with van der Waals surface area (Å²) in [7, 11) is 0. The van der Waals surface area contributed by atoms with Crippen molar-refractivity contribution in [1.82, 2.24) is 19.7 Å². The summed E-state index contributed by atoms with van der Waals surface area (Å²) in [6, 6.07) is 9.99. The van der Waals surface area contributed by atoms with Crippen molar-refractivity contribution in [3.63, 3.8) is 0 Å².